The number of carbonyl (C=O) groups is 2. The average molecular weight is 409 g/mol. The second-order valence-electron chi connectivity index (χ2n) is 6.27. The summed E-state index contributed by atoms with van der Waals surface area (Å²) in [5.74, 6) is -0.717. The Morgan fingerprint density at radius 2 is 1.24 bits per heavy atom. The zero-order valence-electron chi connectivity index (χ0n) is 15.5. The Morgan fingerprint density at radius 1 is 0.724 bits per heavy atom. The van der Waals surface area contributed by atoms with Gasteiger partial charge in [-0.05, 0) is 55.5 Å². The van der Waals surface area contributed by atoms with Crippen LogP contribution in [0.3, 0.4) is 0 Å². The van der Waals surface area contributed by atoms with Crippen LogP contribution < -0.4 is 15.4 Å². The number of benzene rings is 3. The molecule has 0 aliphatic heterocycles. The number of sulfonamides is 1. The smallest absolute Gasteiger partial charge is 0.308 e. The van der Waals surface area contributed by atoms with E-state index < -0.39 is 22.0 Å². The lowest BCUT2D eigenvalue weighted by Crippen LogP contribution is -2.30. The molecule has 0 radical (unpaired) electrons. The molecule has 0 heterocycles. The normalized spacial score (nSPS) is 10.8. The fourth-order valence-electron chi connectivity index (χ4n) is 2.48. The molecule has 0 aliphatic carbocycles. The summed E-state index contributed by atoms with van der Waals surface area (Å²) in [7, 11) is -4.03. The first kappa shape index (κ1) is 20.1. The number of carbonyl (C=O) groups excluding carboxylic acids is 2. The first-order valence-corrected chi connectivity index (χ1v) is 10.2. The van der Waals surface area contributed by atoms with Crippen LogP contribution in [0.15, 0.2) is 83.8 Å². The standard InChI is InChI=1S/C21H19N3O4S/c1-15-7-9-17(10-8-15)22-21(26)23-18-11-13-19(14-12-18)29(27,28)24-20(25)16-5-3-2-4-6-16/h2-14H,1H3,(H,24,25)(H2,22,23,26). The summed E-state index contributed by atoms with van der Waals surface area (Å²) in [6, 6.07) is 20.4. The van der Waals surface area contributed by atoms with E-state index in [0.717, 1.165) is 5.56 Å². The third-order valence-electron chi connectivity index (χ3n) is 3.99. The Bertz CT molecular complexity index is 1110. The highest BCUT2D eigenvalue weighted by molar-refractivity contribution is 7.90. The van der Waals surface area contributed by atoms with Gasteiger partial charge in [0.1, 0.15) is 0 Å². The van der Waals surface area contributed by atoms with Crippen LogP contribution in [0.5, 0.6) is 0 Å². The summed E-state index contributed by atoms with van der Waals surface area (Å²) in [6.07, 6.45) is 0. The van der Waals surface area contributed by atoms with Gasteiger partial charge in [-0.3, -0.25) is 4.79 Å². The van der Waals surface area contributed by atoms with E-state index in [1.807, 2.05) is 23.8 Å². The van der Waals surface area contributed by atoms with E-state index in [0.29, 0.717) is 11.4 Å². The van der Waals surface area contributed by atoms with Crippen LogP contribution in [0.4, 0.5) is 16.2 Å². The fraction of sp³-hybridized carbons (Fsp3) is 0.0476. The number of hydrogen-bond acceptors (Lipinski definition) is 4. The maximum atomic E-state index is 12.4. The van der Waals surface area contributed by atoms with Gasteiger partial charge in [0.15, 0.2) is 0 Å². The van der Waals surface area contributed by atoms with Crippen LogP contribution in [-0.4, -0.2) is 20.4 Å². The molecule has 0 spiro atoms. The maximum absolute atomic E-state index is 12.4. The predicted octanol–water partition coefficient (Wildman–Crippen LogP) is 3.76. The number of rotatable bonds is 5. The van der Waals surface area contributed by atoms with Gasteiger partial charge < -0.3 is 10.6 Å². The van der Waals surface area contributed by atoms with Crippen molar-refractivity contribution in [1.82, 2.24) is 4.72 Å². The lowest BCUT2D eigenvalue weighted by molar-refractivity contribution is 0.0981. The van der Waals surface area contributed by atoms with Gasteiger partial charge in [-0.25, -0.2) is 17.9 Å². The number of anilines is 2. The molecule has 0 aliphatic rings. The molecule has 3 amide bonds. The molecule has 0 saturated heterocycles. The number of hydrogen-bond donors (Lipinski definition) is 3. The Balaban J connectivity index is 1.63. The van der Waals surface area contributed by atoms with Gasteiger partial charge in [-0.2, -0.15) is 0 Å². The molecule has 3 N–H and O–H groups in total. The summed E-state index contributed by atoms with van der Waals surface area (Å²) in [5, 5.41) is 5.30. The number of aryl methyl sites for hydroxylation is 1. The van der Waals surface area contributed by atoms with Gasteiger partial charge >= 0.3 is 6.03 Å². The molecule has 8 heteroatoms. The molecule has 7 nitrogen and oxygen atoms in total. The van der Waals surface area contributed by atoms with Crippen LogP contribution in [0.25, 0.3) is 0 Å². The minimum Gasteiger partial charge on any atom is -0.308 e. The zero-order valence-corrected chi connectivity index (χ0v) is 16.4. The van der Waals surface area contributed by atoms with Crippen LogP contribution in [0, 0.1) is 6.92 Å². The van der Waals surface area contributed by atoms with Crippen molar-refractivity contribution >= 4 is 33.3 Å². The Hall–Kier alpha value is -3.65. The van der Waals surface area contributed by atoms with Gasteiger partial charge in [-0.15, -0.1) is 0 Å². The highest BCUT2D eigenvalue weighted by atomic mass is 32.2. The maximum Gasteiger partial charge on any atom is 0.323 e. The van der Waals surface area contributed by atoms with E-state index in [1.165, 1.54) is 36.4 Å². The Kier molecular flexibility index (Phi) is 5.94. The van der Waals surface area contributed by atoms with E-state index in [2.05, 4.69) is 10.6 Å². The molecule has 0 bridgehead atoms. The van der Waals surface area contributed by atoms with E-state index in [1.54, 1.807) is 30.3 Å². The first-order valence-electron chi connectivity index (χ1n) is 8.70. The summed E-state index contributed by atoms with van der Waals surface area (Å²) in [5.41, 5.74) is 2.35. The van der Waals surface area contributed by atoms with Gasteiger partial charge in [0.05, 0.1) is 4.90 Å². The van der Waals surface area contributed by atoms with Gasteiger partial charge in [0.25, 0.3) is 15.9 Å². The van der Waals surface area contributed by atoms with E-state index in [4.69, 9.17) is 0 Å². The quantitative estimate of drug-likeness (QED) is 0.597. The molecule has 29 heavy (non-hydrogen) atoms. The summed E-state index contributed by atoms with van der Waals surface area (Å²) in [6.45, 7) is 1.95. The van der Waals surface area contributed by atoms with Crippen LogP contribution in [0.1, 0.15) is 15.9 Å². The molecule has 3 aromatic carbocycles. The summed E-state index contributed by atoms with van der Waals surface area (Å²) >= 11 is 0. The van der Waals surface area contributed by atoms with Crippen molar-refractivity contribution in [3.8, 4) is 0 Å². The SMILES string of the molecule is Cc1ccc(NC(=O)Nc2ccc(S(=O)(=O)NC(=O)c3ccccc3)cc2)cc1. The van der Waals surface area contributed by atoms with Crippen molar-refractivity contribution in [3.63, 3.8) is 0 Å². The highest BCUT2D eigenvalue weighted by Crippen LogP contribution is 2.15. The lowest BCUT2D eigenvalue weighted by atomic mass is 10.2. The third-order valence-corrected chi connectivity index (χ3v) is 5.34. The minimum absolute atomic E-state index is 0.0914. The van der Waals surface area contributed by atoms with E-state index in [-0.39, 0.29) is 10.5 Å². The second kappa shape index (κ2) is 8.57. The molecule has 0 aromatic heterocycles. The van der Waals surface area contributed by atoms with Crippen molar-refractivity contribution < 1.29 is 18.0 Å². The summed E-state index contributed by atoms with van der Waals surface area (Å²) in [4.78, 5) is 24.0. The van der Waals surface area contributed by atoms with Crippen molar-refractivity contribution in [2.24, 2.45) is 0 Å². The average Bonchev–Trinajstić information content (AvgIpc) is 2.70. The molecule has 0 atom stereocenters. The monoisotopic (exact) mass is 409 g/mol. The van der Waals surface area contributed by atoms with Crippen LogP contribution in [0.2, 0.25) is 0 Å². The van der Waals surface area contributed by atoms with Crippen molar-refractivity contribution in [2.75, 3.05) is 10.6 Å². The van der Waals surface area contributed by atoms with Crippen molar-refractivity contribution in [1.29, 1.82) is 0 Å². The lowest BCUT2D eigenvalue weighted by Gasteiger charge is -2.10. The second-order valence-corrected chi connectivity index (χ2v) is 7.95. The molecule has 3 aromatic rings. The van der Waals surface area contributed by atoms with E-state index >= 15 is 0 Å². The molecule has 3 rings (SSSR count). The summed E-state index contributed by atoms with van der Waals surface area (Å²) < 4.78 is 26.8. The first-order chi connectivity index (χ1) is 13.8. The number of amides is 3. The molecule has 0 unspecified atom stereocenters. The molecular formula is C21H19N3O4S. The number of urea groups is 1. The van der Waals surface area contributed by atoms with Gasteiger partial charge in [0.2, 0.25) is 0 Å². The van der Waals surface area contributed by atoms with Crippen LogP contribution >= 0.6 is 0 Å². The Labute approximate surface area is 168 Å². The highest BCUT2D eigenvalue weighted by Gasteiger charge is 2.18. The molecule has 0 saturated carbocycles. The number of nitrogens with one attached hydrogen (secondary N) is 3. The molecular weight excluding hydrogens is 390 g/mol. The third kappa shape index (κ3) is 5.43. The van der Waals surface area contributed by atoms with E-state index in [9.17, 15) is 18.0 Å². The van der Waals surface area contributed by atoms with Crippen molar-refractivity contribution in [3.05, 3.63) is 90.0 Å². The molecule has 148 valence electrons. The minimum atomic E-state index is -4.03. The predicted molar refractivity (Wildman–Crippen MR) is 111 cm³/mol. The van der Waals surface area contributed by atoms with Crippen molar-refractivity contribution in [2.45, 2.75) is 11.8 Å². The Morgan fingerprint density at radius 3 is 1.79 bits per heavy atom. The zero-order chi connectivity index (χ0) is 20.9. The van der Waals surface area contributed by atoms with Gasteiger partial charge in [0, 0.05) is 16.9 Å². The van der Waals surface area contributed by atoms with Crippen LogP contribution in [-0.2, 0) is 10.0 Å². The fourth-order valence-corrected chi connectivity index (χ4v) is 3.45. The van der Waals surface area contributed by atoms with Gasteiger partial charge in [-0.1, -0.05) is 35.9 Å². The topological polar surface area (TPSA) is 104 Å². The molecule has 0 fully saturated rings. The largest absolute Gasteiger partial charge is 0.323 e.